The predicted molar refractivity (Wildman–Crippen MR) is 149 cm³/mol. The number of aliphatic hydroxyl groups is 1. The van der Waals surface area contributed by atoms with Gasteiger partial charge in [-0.1, -0.05) is 116 Å². The Labute approximate surface area is 222 Å². The van der Waals surface area contributed by atoms with E-state index >= 15 is 0 Å². The maximum Gasteiger partial charge on any atom is 0.407 e. The Morgan fingerprint density at radius 2 is 1.06 bits per heavy atom. The normalized spacial score (nSPS) is 12.1. The fraction of sp³-hybridized carbons (Fsp3) is 0.867. The minimum atomic E-state index is -1.07. The van der Waals surface area contributed by atoms with Crippen LogP contribution in [-0.2, 0) is 14.3 Å². The summed E-state index contributed by atoms with van der Waals surface area (Å²) in [6, 6.07) is -1.07. The maximum absolute atomic E-state index is 12.0. The van der Waals surface area contributed by atoms with Gasteiger partial charge in [0.15, 0.2) is 6.04 Å². The molecule has 0 aromatic rings. The molecule has 0 aliphatic heterocycles. The van der Waals surface area contributed by atoms with Crippen LogP contribution in [-0.4, -0.2) is 43.0 Å². The molecule has 0 saturated heterocycles. The van der Waals surface area contributed by atoms with Crippen LogP contribution in [0.1, 0.15) is 142 Å². The molecule has 0 aromatic carbocycles. The SMILES string of the molecule is CCCCCCCCC=CCCCCCCCCOC(=O)NC(CO)C(=O)OCCCCCCCC. The van der Waals surface area contributed by atoms with Crippen LogP contribution in [0.5, 0.6) is 0 Å². The zero-order valence-corrected chi connectivity index (χ0v) is 23.6. The molecule has 0 spiro atoms. The van der Waals surface area contributed by atoms with Crippen molar-refractivity contribution in [2.45, 2.75) is 148 Å². The van der Waals surface area contributed by atoms with E-state index in [1.807, 2.05) is 0 Å². The van der Waals surface area contributed by atoms with Crippen LogP contribution in [0.25, 0.3) is 0 Å². The van der Waals surface area contributed by atoms with Crippen LogP contribution in [0.4, 0.5) is 4.79 Å². The molecule has 0 radical (unpaired) electrons. The molecular weight excluding hydrogens is 454 g/mol. The summed E-state index contributed by atoms with van der Waals surface area (Å²) in [5.74, 6) is -0.611. The number of ether oxygens (including phenoxy) is 2. The van der Waals surface area contributed by atoms with E-state index in [1.54, 1.807) is 0 Å². The summed E-state index contributed by atoms with van der Waals surface area (Å²) < 4.78 is 10.3. The number of alkyl carbamates (subject to hydrolysis) is 1. The van der Waals surface area contributed by atoms with E-state index in [-0.39, 0.29) is 0 Å². The lowest BCUT2D eigenvalue weighted by molar-refractivity contribution is -0.147. The number of nitrogens with one attached hydrogen (secondary N) is 1. The topological polar surface area (TPSA) is 84.9 Å². The molecule has 1 amide bonds. The number of esters is 1. The summed E-state index contributed by atoms with van der Waals surface area (Å²) in [6.45, 7) is 4.56. The third-order valence-corrected chi connectivity index (χ3v) is 6.39. The quantitative estimate of drug-likeness (QED) is 0.0698. The average molecular weight is 512 g/mol. The molecule has 1 unspecified atom stereocenters. The smallest absolute Gasteiger partial charge is 0.407 e. The van der Waals surface area contributed by atoms with E-state index in [0.717, 1.165) is 38.5 Å². The third kappa shape index (κ3) is 24.1. The first-order valence-corrected chi connectivity index (χ1v) is 15.0. The Morgan fingerprint density at radius 1 is 0.639 bits per heavy atom. The van der Waals surface area contributed by atoms with Gasteiger partial charge in [0, 0.05) is 0 Å². The summed E-state index contributed by atoms with van der Waals surface area (Å²) in [5, 5.41) is 11.8. The lowest BCUT2D eigenvalue weighted by atomic mass is 10.1. The van der Waals surface area contributed by atoms with Gasteiger partial charge in [-0.05, 0) is 38.5 Å². The lowest BCUT2D eigenvalue weighted by Gasteiger charge is -2.15. The van der Waals surface area contributed by atoms with Gasteiger partial charge in [-0.25, -0.2) is 9.59 Å². The minimum Gasteiger partial charge on any atom is -0.464 e. The Balaban J connectivity index is 3.55. The highest BCUT2D eigenvalue weighted by atomic mass is 16.6. The van der Waals surface area contributed by atoms with E-state index in [2.05, 4.69) is 31.3 Å². The number of aliphatic hydroxyl groups excluding tert-OH is 1. The fourth-order valence-electron chi connectivity index (χ4n) is 4.03. The standard InChI is InChI=1S/C30H57NO5/c1-3-5-7-9-11-12-13-14-15-16-17-18-19-20-22-24-26-36-30(34)31-28(27-32)29(33)35-25-23-21-10-8-6-4-2/h14-15,28,32H,3-13,16-27H2,1-2H3,(H,31,34). The Morgan fingerprint density at radius 3 is 1.53 bits per heavy atom. The lowest BCUT2D eigenvalue weighted by Crippen LogP contribution is -2.44. The Hall–Kier alpha value is -1.56. The molecule has 212 valence electrons. The van der Waals surface area contributed by atoms with Crippen molar-refractivity contribution in [1.29, 1.82) is 0 Å². The Kier molecular flexibility index (Phi) is 26.8. The second-order valence-corrected chi connectivity index (χ2v) is 9.89. The van der Waals surface area contributed by atoms with Gasteiger partial charge in [-0.2, -0.15) is 0 Å². The molecule has 0 aliphatic rings. The van der Waals surface area contributed by atoms with E-state index in [1.165, 1.54) is 89.9 Å². The van der Waals surface area contributed by atoms with E-state index in [4.69, 9.17) is 9.47 Å². The largest absolute Gasteiger partial charge is 0.464 e. The van der Waals surface area contributed by atoms with Gasteiger partial charge >= 0.3 is 12.1 Å². The number of hydrogen-bond acceptors (Lipinski definition) is 5. The molecule has 2 N–H and O–H groups in total. The van der Waals surface area contributed by atoms with Crippen molar-refractivity contribution in [3.8, 4) is 0 Å². The number of rotatable bonds is 26. The molecule has 0 aliphatic carbocycles. The first-order valence-electron chi connectivity index (χ1n) is 15.0. The second-order valence-electron chi connectivity index (χ2n) is 9.89. The molecule has 6 heteroatoms. The van der Waals surface area contributed by atoms with Gasteiger partial charge in [-0.3, -0.25) is 0 Å². The second kappa shape index (κ2) is 28.0. The van der Waals surface area contributed by atoms with Gasteiger partial charge in [-0.15, -0.1) is 0 Å². The first kappa shape index (κ1) is 34.4. The number of unbranched alkanes of at least 4 members (excludes halogenated alkanes) is 17. The van der Waals surface area contributed by atoms with Crippen molar-refractivity contribution in [3.05, 3.63) is 12.2 Å². The van der Waals surface area contributed by atoms with Crippen molar-refractivity contribution >= 4 is 12.1 Å². The van der Waals surface area contributed by atoms with Gasteiger partial charge in [0.05, 0.1) is 19.8 Å². The van der Waals surface area contributed by atoms with E-state index in [9.17, 15) is 14.7 Å². The maximum atomic E-state index is 12.0. The summed E-state index contributed by atoms with van der Waals surface area (Å²) in [4.78, 5) is 23.9. The molecule has 0 bridgehead atoms. The molecule has 0 aromatic heterocycles. The van der Waals surface area contributed by atoms with Gasteiger partial charge < -0.3 is 19.9 Å². The van der Waals surface area contributed by atoms with Gasteiger partial charge in [0.25, 0.3) is 0 Å². The third-order valence-electron chi connectivity index (χ3n) is 6.39. The fourth-order valence-corrected chi connectivity index (χ4v) is 4.03. The molecule has 36 heavy (non-hydrogen) atoms. The molecular formula is C30H57NO5. The van der Waals surface area contributed by atoms with Gasteiger partial charge in [0.1, 0.15) is 0 Å². The highest BCUT2D eigenvalue weighted by Gasteiger charge is 2.21. The highest BCUT2D eigenvalue weighted by molar-refractivity contribution is 5.81. The molecule has 0 fully saturated rings. The summed E-state index contributed by atoms with van der Waals surface area (Å²) >= 11 is 0. The van der Waals surface area contributed by atoms with Crippen molar-refractivity contribution < 1.29 is 24.2 Å². The van der Waals surface area contributed by atoms with Crippen molar-refractivity contribution in [1.82, 2.24) is 5.32 Å². The summed E-state index contributed by atoms with van der Waals surface area (Å²) in [6.07, 6.45) is 27.8. The zero-order chi connectivity index (χ0) is 26.5. The molecule has 0 heterocycles. The van der Waals surface area contributed by atoms with Crippen LogP contribution < -0.4 is 5.32 Å². The van der Waals surface area contributed by atoms with Crippen molar-refractivity contribution in [2.75, 3.05) is 19.8 Å². The zero-order valence-electron chi connectivity index (χ0n) is 23.6. The molecule has 1 atom stereocenters. The van der Waals surface area contributed by atoms with Crippen molar-refractivity contribution in [2.24, 2.45) is 0 Å². The predicted octanol–water partition coefficient (Wildman–Crippen LogP) is 8.01. The monoisotopic (exact) mass is 511 g/mol. The minimum absolute atomic E-state index is 0.313. The number of carbonyl (C=O) groups excluding carboxylic acids is 2. The highest BCUT2D eigenvalue weighted by Crippen LogP contribution is 2.10. The van der Waals surface area contributed by atoms with E-state index < -0.39 is 24.7 Å². The average Bonchev–Trinajstić information content (AvgIpc) is 2.88. The molecule has 6 nitrogen and oxygen atoms in total. The molecule has 0 saturated carbocycles. The number of carbonyl (C=O) groups is 2. The van der Waals surface area contributed by atoms with Crippen LogP contribution in [0.2, 0.25) is 0 Å². The van der Waals surface area contributed by atoms with Gasteiger partial charge in [0.2, 0.25) is 0 Å². The Bertz CT molecular complexity index is 523. The van der Waals surface area contributed by atoms with E-state index in [0.29, 0.717) is 13.2 Å². The number of hydrogen-bond donors (Lipinski definition) is 2. The van der Waals surface area contributed by atoms with Crippen LogP contribution in [0, 0.1) is 0 Å². The van der Waals surface area contributed by atoms with Crippen LogP contribution >= 0.6 is 0 Å². The van der Waals surface area contributed by atoms with Crippen LogP contribution in [0.15, 0.2) is 12.2 Å². The van der Waals surface area contributed by atoms with Crippen LogP contribution in [0.3, 0.4) is 0 Å². The summed E-state index contributed by atoms with van der Waals surface area (Å²) in [7, 11) is 0. The number of allylic oxidation sites excluding steroid dienone is 2. The molecule has 0 rings (SSSR count). The first-order chi connectivity index (χ1) is 17.7. The van der Waals surface area contributed by atoms with Crippen molar-refractivity contribution in [3.63, 3.8) is 0 Å². The number of amides is 1. The summed E-state index contributed by atoms with van der Waals surface area (Å²) in [5.41, 5.74) is 0.